The molecule has 274 valence electrons. The lowest BCUT2D eigenvalue weighted by atomic mass is 9.89. The monoisotopic (exact) mass is 744 g/mol. The first-order valence-corrected chi connectivity index (χ1v) is 19.4. The van der Waals surface area contributed by atoms with Crippen molar-refractivity contribution in [3.8, 4) is 56.4 Å². The van der Waals surface area contributed by atoms with E-state index >= 15 is 0 Å². The fourth-order valence-electron chi connectivity index (χ4n) is 7.47. The minimum Gasteiger partial charge on any atom is -0.344 e. The molecule has 1 unspecified atom stereocenters. The van der Waals surface area contributed by atoms with Gasteiger partial charge in [-0.2, -0.15) is 0 Å². The van der Waals surface area contributed by atoms with Crippen molar-refractivity contribution in [2.24, 2.45) is 9.98 Å². The average molecular weight is 745 g/mol. The number of rotatable bonds is 8. The lowest BCUT2D eigenvalue weighted by Crippen LogP contribution is -2.33. The lowest BCUT2D eigenvalue weighted by Gasteiger charge is -2.23. The normalized spacial score (nSPS) is 13.7. The van der Waals surface area contributed by atoms with Crippen LogP contribution in [0.1, 0.15) is 22.9 Å². The molecule has 8 aromatic carbocycles. The molecule has 1 aliphatic heterocycles. The molecule has 9 aromatic rings. The second kappa shape index (κ2) is 15.4. The fraction of sp³-hybridized carbons (Fsp3) is 0.0192. The van der Waals surface area contributed by atoms with Crippen LogP contribution in [0.25, 0.3) is 67.2 Å². The quantitative estimate of drug-likeness (QED) is 0.168. The smallest absolute Gasteiger partial charge is 0.164 e. The molecule has 0 radical (unpaired) electrons. The molecule has 0 spiro atoms. The molecule has 6 nitrogen and oxygen atoms in total. The Morgan fingerprint density at radius 2 is 0.828 bits per heavy atom. The van der Waals surface area contributed by atoms with E-state index in [1.165, 1.54) is 10.8 Å². The highest BCUT2D eigenvalue weighted by atomic mass is 15.2. The first kappa shape index (κ1) is 34.6. The van der Waals surface area contributed by atoms with Crippen LogP contribution in [0.4, 0.5) is 0 Å². The van der Waals surface area contributed by atoms with E-state index in [4.69, 9.17) is 24.9 Å². The number of hydrogen-bond acceptors (Lipinski definition) is 6. The zero-order valence-electron chi connectivity index (χ0n) is 31.4. The minimum atomic E-state index is -0.258. The van der Waals surface area contributed by atoms with Crippen LogP contribution in [0.5, 0.6) is 0 Å². The molecule has 0 aliphatic carbocycles. The third kappa shape index (κ3) is 6.95. The highest BCUT2D eigenvalue weighted by molar-refractivity contribution is 6.13. The zero-order chi connectivity index (χ0) is 38.7. The molecule has 1 aliphatic rings. The van der Waals surface area contributed by atoms with E-state index in [0.717, 1.165) is 61.5 Å². The van der Waals surface area contributed by atoms with Crippen molar-refractivity contribution in [2.45, 2.75) is 6.17 Å². The van der Waals surface area contributed by atoms with Crippen LogP contribution in [0, 0.1) is 0 Å². The number of nitrogens with zero attached hydrogens (tertiary/aromatic N) is 5. The predicted octanol–water partition coefficient (Wildman–Crippen LogP) is 11.9. The Kier molecular flexibility index (Phi) is 9.18. The van der Waals surface area contributed by atoms with Gasteiger partial charge in [0.05, 0.1) is 0 Å². The molecule has 0 saturated carbocycles. The van der Waals surface area contributed by atoms with E-state index in [2.05, 4.69) is 115 Å². The second-order valence-electron chi connectivity index (χ2n) is 14.1. The third-order valence-electron chi connectivity index (χ3n) is 10.4. The molecule has 10 rings (SSSR count). The van der Waals surface area contributed by atoms with Gasteiger partial charge in [0.2, 0.25) is 0 Å². The van der Waals surface area contributed by atoms with Crippen LogP contribution in [0.15, 0.2) is 216 Å². The fourth-order valence-corrected chi connectivity index (χ4v) is 7.47. The zero-order valence-corrected chi connectivity index (χ0v) is 31.4. The molecule has 0 saturated heterocycles. The Hall–Kier alpha value is -7.83. The highest BCUT2D eigenvalue weighted by Crippen LogP contribution is 2.39. The number of nitrogens with one attached hydrogen (secondary N) is 1. The Balaban J connectivity index is 1.03. The average Bonchev–Trinajstić information content (AvgIpc) is 3.32. The molecular weight excluding hydrogens is 709 g/mol. The van der Waals surface area contributed by atoms with Gasteiger partial charge in [-0.15, -0.1) is 0 Å². The maximum Gasteiger partial charge on any atom is 0.164 e. The molecule has 0 amide bonds. The number of aliphatic imine (C=N–C) groups is 2. The van der Waals surface area contributed by atoms with Crippen molar-refractivity contribution in [1.82, 2.24) is 20.3 Å². The molecule has 1 N–H and O–H groups in total. The summed E-state index contributed by atoms with van der Waals surface area (Å²) in [5, 5.41) is 5.91. The molecule has 0 bridgehead atoms. The van der Waals surface area contributed by atoms with Gasteiger partial charge in [-0.1, -0.05) is 206 Å². The highest BCUT2D eigenvalue weighted by Gasteiger charge is 2.21. The summed E-state index contributed by atoms with van der Waals surface area (Å²) in [5.41, 5.74) is 10.4. The van der Waals surface area contributed by atoms with Crippen LogP contribution in [0.3, 0.4) is 0 Å². The summed E-state index contributed by atoms with van der Waals surface area (Å²) in [7, 11) is 0. The summed E-state index contributed by atoms with van der Waals surface area (Å²) >= 11 is 0. The molecule has 0 fully saturated rings. The van der Waals surface area contributed by atoms with Crippen molar-refractivity contribution in [3.05, 3.63) is 223 Å². The maximum absolute atomic E-state index is 5.09. The van der Waals surface area contributed by atoms with Crippen molar-refractivity contribution in [2.75, 3.05) is 0 Å². The van der Waals surface area contributed by atoms with Crippen molar-refractivity contribution >= 4 is 22.4 Å². The Labute approximate surface area is 337 Å². The summed E-state index contributed by atoms with van der Waals surface area (Å²) < 4.78 is 0. The van der Waals surface area contributed by atoms with Gasteiger partial charge in [-0.3, -0.25) is 0 Å². The predicted molar refractivity (Wildman–Crippen MR) is 236 cm³/mol. The standard InChI is InChI=1S/C52H36N6/c1-5-16-38(17-6-1)47-53-48(39-18-7-2-8-19-39)56-51(55-47)42-29-25-36(26-30-42)45-34-33-35-15-13-14-24-44(35)46(45)37-27-31-43(32-28-37)52-57-49(40-20-9-3-10-21-40)54-50(58-52)41-22-11-4-12-23-41/h1-34,47H,(H,53,55,56). The summed E-state index contributed by atoms with van der Waals surface area (Å²) in [6.45, 7) is 0. The van der Waals surface area contributed by atoms with Gasteiger partial charge >= 0.3 is 0 Å². The van der Waals surface area contributed by atoms with Crippen molar-refractivity contribution in [1.29, 1.82) is 0 Å². The Morgan fingerprint density at radius 3 is 1.43 bits per heavy atom. The van der Waals surface area contributed by atoms with Gasteiger partial charge in [0.15, 0.2) is 23.3 Å². The van der Waals surface area contributed by atoms with Gasteiger partial charge in [0.25, 0.3) is 0 Å². The lowest BCUT2D eigenvalue weighted by molar-refractivity contribution is 0.674. The minimum absolute atomic E-state index is 0.258. The van der Waals surface area contributed by atoms with Gasteiger partial charge in [-0.05, 0) is 38.6 Å². The van der Waals surface area contributed by atoms with Gasteiger partial charge in [0, 0.05) is 27.8 Å². The largest absolute Gasteiger partial charge is 0.344 e. The number of aromatic nitrogens is 3. The summed E-state index contributed by atoms with van der Waals surface area (Å²) in [5.74, 6) is 3.40. The SMILES string of the molecule is c1ccc(C2=NC(c3ccc(-c4ccc5ccccc5c4-c4ccc(-c5nc(-c6ccccc6)nc(-c6ccccc6)n5)cc4)cc3)=NC(c3ccccc3)N2)cc1. The van der Waals surface area contributed by atoms with Gasteiger partial charge < -0.3 is 5.32 Å². The second-order valence-corrected chi connectivity index (χ2v) is 14.1. The molecule has 58 heavy (non-hydrogen) atoms. The molecule has 1 atom stereocenters. The van der Waals surface area contributed by atoms with Crippen molar-refractivity contribution in [3.63, 3.8) is 0 Å². The van der Waals surface area contributed by atoms with E-state index < -0.39 is 0 Å². The molecule has 1 aromatic heterocycles. The van der Waals surface area contributed by atoms with Gasteiger partial charge in [0.1, 0.15) is 12.0 Å². The van der Waals surface area contributed by atoms with Crippen LogP contribution in [-0.4, -0.2) is 26.6 Å². The number of hydrogen-bond donors (Lipinski definition) is 1. The van der Waals surface area contributed by atoms with E-state index in [-0.39, 0.29) is 6.17 Å². The van der Waals surface area contributed by atoms with E-state index in [0.29, 0.717) is 23.3 Å². The van der Waals surface area contributed by atoms with E-state index in [9.17, 15) is 0 Å². The summed E-state index contributed by atoms with van der Waals surface area (Å²) in [4.78, 5) is 24.9. The Morgan fingerprint density at radius 1 is 0.362 bits per heavy atom. The summed E-state index contributed by atoms with van der Waals surface area (Å²) in [6.07, 6.45) is -0.258. The number of benzene rings is 8. The van der Waals surface area contributed by atoms with Gasteiger partial charge in [-0.25, -0.2) is 24.9 Å². The summed E-state index contributed by atoms with van der Waals surface area (Å²) in [6, 6.07) is 70.8. The third-order valence-corrected chi connectivity index (χ3v) is 10.4. The van der Waals surface area contributed by atoms with E-state index in [1.54, 1.807) is 0 Å². The number of fused-ring (bicyclic) bond motifs is 1. The maximum atomic E-state index is 5.09. The van der Waals surface area contributed by atoms with E-state index in [1.807, 2.05) is 97.1 Å². The van der Waals surface area contributed by atoms with Crippen LogP contribution in [0.2, 0.25) is 0 Å². The molecular formula is C52H36N6. The van der Waals surface area contributed by atoms with Crippen LogP contribution in [-0.2, 0) is 0 Å². The van der Waals surface area contributed by atoms with Crippen LogP contribution < -0.4 is 5.32 Å². The van der Waals surface area contributed by atoms with Crippen molar-refractivity contribution < 1.29 is 0 Å². The van der Waals surface area contributed by atoms with Crippen LogP contribution >= 0.6 is 0 Å². The molecule has 6 heteroatoms. The number of amidine groups is 2. The first-order valence-electron chi connectivity index (χ1n) is 19.4. The molecule has 2 heterocycles. The topological polar surface area (TPSA) is 75.4 Å². The Bertz CT molecular complexity index is 2870. The first-order chi connectivity index (χ1) is 28.7.